The molecule has 7 nitrogen and oxygen atoms in total. The quantitative estimate of drug-likeness (QED) is 0.711. The van der Waals surface area contributed by atoms with Gasteiger partial charge in [0.05, 0.1) is 13.2 Å². The van der Waals surface area contributed by atoms with E-state index >= 15 is 0 Å². The van der Waals surface area contributed by atoms with Gasteiger partial charge in [-0.3, -0.25) is 9.59 Å². The number of aryl methyl sites for hydroxylation is 1. The van der Waals surface area contributed by atoms with Gasteiger partial charge in [0, 0.05) is 18.2 Å². The van der Waals surface area contributed by atoms with Gasteiger partial charge in [-0.25, -0.2) is 4.98 Å². The molecular weight excluding hydrogens is 334 g/mol. The molecule has 3 aromatic rings. The summed E-state index contributed by atoms with van der Waals surface area (Å²) in [5.41, 5.74) is 2.37. The number of nitrogens with one attached hydrogen (secondary N) is 2. The van der Waals surface area contributed by atoms with Crippen LogP contribution in [0.25, 0.3) is 11.1 Å². The predicted molar refractivity (Wildman–Crippen MR) is 97.3 cm³/mol. The van der Waals surface area contributed by atoms with Crippen LogP contribution in [-0.2, 0) is 4.79 Å². The van der Waals surface area contributed by atoms with Crippen LogP contribution in [0.4, 0.5) is 5.69 Å². The summed E-state index contributed by atoms with van der Waals surface area (Å²) in [6.07, 6.45) is 0. The zero-order chi connectivity index (χ0) is 18.5. The van der Waals surface area contributed by atoms with Crippen LogP contribution in [0.2, 0.25) is 0 Å². The Morgan fingerprint density at radius 3 is 2.65 bits per heavy atom. The maximum absolute atomic E-state index is 12.1. The van der Waals surface area contributed by atoms with Crippen molar-refractivity contribution in [2.45, 2.75) is 13.8 Å². The van der Waals surface area contributed by atoms with Crippen LogP contribution in [0.15, 0.2) is 46.9 Å². The smallest absolute Gasteiger partial charge is 0.251 e. The van der Waals surface area contributed by atoms with Crippen molar-refractivity contribution in [1.82, 2.24) is 10.3 Å². The molecule has 0 aliphatic rings. The monoisotopic (exact) mass is 353 g/mol. The SMILES string of the molecule is CCOc1ccc(C(=O)NCC(=O)Nc2ccc3oc(C)nc3c2)cc1. The fourth-order valence-electron chi connectivity index (χ4n) is 2.46. The number of nitrogens with zero attached hydrogens (tertiary/aromatic N) is 1. The van der Waals surface area contributed by atoms with E-state index in [-0.39, 0.29) is 18.4 Å². The molecule has 0 saturated heterocycles. The Bertz CT molecular complexity index is 932. The average Bonchev–Trinajstić information content (AvgIpc) is 3.00. The van der Waals surface area contributed by atoms with E-state index in [4.69, 9.17) is 9.15 Å². The van der Waals surface area contributed by atoms with Crippen molar-refractivity contribution in [3.05, 3.63) is 53.9 Å². The minimum atomic E-state index is -0.330. The summed E-state index contributed by atoms with van der Waals surface area (Å²) in [4.78, 5) is 28.4. The molecule has 2 amide bonds. The highest BCUT2D eigenvalue weighted by molar-refractivity contribution is 5.99. The van der Waals surface area contributed by atoms with Gasteiger partial charge in [-0.15, -0.1) is 0 Å². The summed E-state index contributed by atoms with van der Waals surface area (Å²) in [5, 5.41) is 5.31. The summed E-state index contributed by atoms with van der Waals surface area (Å²) in [5.74, 6) is 0.598. The van der Waals surface area contributed by atoms with Crippen molar-refractivity contribution >= 4 is 28.6 Å². The van der Waals surface area contributed by atoms with Gasteiger partial charge in [0.2, 0.25) is 5.91 Å². The Labute approximate surface area is 150 Å². The Kier molecular flexibility index (Phi) is 5.17. The van der Waals surface area contributed by atoms with Crippen molar-refractivity contribution in [2.24, 2.45) is 0 Å². The Morgan fingerprint density at radius 2 is 1.92 bits per heavy atom. The zero-order valence-corrected chi connectivity index (χ0v) is 14.5. The Balaban J connectivity index is 1.54. The number of benzene rings is 2. The number of rotatable bonds is 6. The topological polar surface area (TPSA) is 93.5 Å². The van der Waals surface area contributed by atoms with Gasteiger partial charge in [0.25, 0.3) is 5.91 Å². The van der Waals surface area contributed by atoms with E-state index in [1.807, 2.05) is 6.92 Å². The first-order valence-electron chi connectivity index (χ1n) is 8.23. The predicted octanol–water partition coefficient (Wildman–Crippen LogP) is 2.90. The van der Waals surface area contributed by atoms with Gasteiger partial charge in [0.1, 0.15) is 11.3 Å². The lowest BCUT2D eigenvalue weighted by molar-refractivity contribution is -0.115. The lowest BCUT2D eigenvalue weighted by atomic mass is 10.2. The van der Waals surface area contributed by atoms with Gasteiger partial charge >= 0.3 is 0 Å². The summed E-state index contributed by atoms with van der Waals surface area (Å²) in [6.45, 7) is 4.07. The molecule has 134 valence electrons. The van der Waals surface area contributed by atoms with Crippen molar-refractivity contribution in [3.8, 4) is 5.75 Å². The molecule has 0 aliphatic carbocycles. The maximum Gasteiger partial charge on any atom is 0.251 e. The minimum Gasteiger partial charge on any atom is -0.494 e. The largest absolute Gasteiger partial charge is 0.494 e. The van der Waals surface area contributed by atoms with E-state index in [0.29, 0.717) is 40.6 Å². The number of hydrogen-bond donors (Lipinski definition) is 2. The number of amides is 2. The number of fused-ring (bicyclic) bond motifs is 1. The highest BCUT2D eigenvalue weighted by Crippen LogP contribution is 2.19. The fraction of sp³-hybridized carbons (Fsp3) is 0.211. The highest BCUT2D eigenvalue weighted by Gasteiger charge is 2.10. The van der Waals surface area contributed by atoms with Crippen LogP contribution in [0.3, 0.4) is 0 Å². The first-order valence-corrected chi connectivity index (χ1v) is 8.23. The number of aromatic nitrogens is 1. The summed E-state index contributed by atoms with van der Waals surface area (Å²) >= 11 is 0. The summed E-state index contributed by atoms with van der Waals surface area (Å²) < 4.78 is 10.7. The van der Waals surface area contributed by atoms with Crippen molar-refractivity contribution < 1.29 is 18.7 Å². The van der Waals surface area contributed by atoms with Crippen LogP contribution < -0.4 is 15.4 Å². The maximum atomic E-state index is 12.1. The van der Waals surface area contributed by atoms with Crippen LogP contribution >= 0.6 is 0 Å². The van der Waals surface area contributed by atoms with Gasteiger partial charge in [-0.05, 0) is 49.4 Å². The number of carbonyl (C=O) groups excluding carboxylic acids is 2. The van der Waals surface area contributed by atoms with E-state index in [2.05, 4.69) is 15.6 Å². The second kappa shape index (κ2) is 7.69. The standard InChI is InChI=1S/C19H19N3O4/c1-3-25-15-7-4-13(5-8-15)19(24)20-11-18(23)22-14-6-9-17-16(10-14)21-12(2)26-17/h4-10H,3,11H2,1-2H3,(H,20,24)(H,22,23). The van der Waals surface area contributed by atoms with Crippen LogP contribution in [0.1, 0.15) is 23.2 Å². The van der Waals surface area contributed by atoms with Crippen LogP contribution in [-0.4, -0.2) is 29.9 Å². The second-order valence-electron chi connectivity index (χ2n) is 5.60. The number of hydrogen-bond acceptors (Lipinski definition) is 5. The number of carbonyl (C=O) groups is 2. The number of oxazole rings is 1. The molecule has 3 rings (SSSR count). The average molecular weight is 353 g/mol. The molecular formula is C19H19N3O4. The third-order valence-electron chi connectivity index (χ3n) is 3.62. The lowest BCUT2D eigenvalue weighted by Crippen LogP contribution is -2.32. The highest BCUT2D eigenvalue weighted by atomic mass is 16.5. The van der Waals surface area contributed by atoms with E-state index in [9.17, 15) is 9.59 Å². The first kappa shape index (κ1) is 17.5. The second-order valence-corrected chi connectivity index (χ2v) is 5.60. The molecule has 1 heterocycles. The van der Waals surface area contributed by atoms with Gasteiger partial charge in [-0.1, -0.05) is 0 Å². The number of anilines is 1. The van der Waals surface area contributed by atoms with Crippen LogP contribution in [0.5, 0.6) is 5.75 Å². The fourth-order valence-corrected chi connectivity index (χ4v) is 2.46. The molecule has 7 heteroatoms. The molecule has 0 bridgehead atoms. The molecule has 0 spiro atoms. The van der Waals surface area contributed by atoms with E-state index < -0.39 is 0 Å². The molecule has 0 radical (unpaired) electrons. The third-order valence-corrected chi connectivity index (χ3v) is 3.62. The molecule has 0 unspecified atom stereocenters. The first-order chi connectivity index (χ1) is 12.5. The lowest BCUT2D eigenvalue weighted by Gasteiger charge is -2.08. The molecule has 26 heavy (non-hydrogen) atoms. The van der Waals surface area contributed by atoms with Gasteiger partial charge in [0.15, 0.2) is 11.5 Å². The molecule has 2 aromatic carbocycles. The summed E-state index contributed by atoms with van der Waals surface area (Å²) in [6, 6.07) is 11.9. The number of ether oxygens (including phenoxy) is 1. The van der Waals surface area contributed by atoms with E-state index in [0.717, 1.165) is 0 Å². The van der Waals surface area contributed by atoms with Crippen molar-refractivity contribution in [2.75, 3.05) is 18.5 Å². The van der Waals surface area contributed by atoms with Crippen LogP contribution in [0, 0.1) is 6.92 Å². The Hall–Kier alpha value is -3.35. The molecule has 0 aliphatic heterocycles. The van der Waals surface area contributed by atoms with E-state index in [1.54, 1.807) is 49.4 Å². The van der Waals surface area contributed by atoms with Gasteiger partial charge < -0.3 is 19.8 Å². The van der Waals surface area contributed by atoms with Gasteiger partial charge in [-0.2, -0.15) is 0 Å². The molecule has 1 aromatic heterocycles. The normalized spacial score (nSPS) is 10.5. The van der Waals surface area contributed by atoms with Crippen molar-refractivity contribution in [1.29, 1.82) is 0 Å². The van der Waals surface area contributed by atoms with Crippen molar-refractivity contribution in [3.63, 3.8) is 0 Å². The summed E-state index contributed by atoms with van der Waals surface area (Å²) in [7, 11) is 0. The third kappa shape index (κ3) is 4.18. The minimum absolute atomic E-state index is 0.137. The molecule has 2 N–H and O–H groups in total. The molecule has 0 atom stereocenters. The zero-order valence-electron chi connectivity index (χ0n) is 14.5. The van der Waals surface area contributed by atoms with E-state index in [1.165, 1.54) is 0 Å². The Morgan fingerprint density at radius 1 is 1.15 bits per heavy atom. The molecule has 0 saturated carbocycles. The molecule has 0 fully saturated rings.